The number of carbonyl (C=O) groups is 1. The summed E-state index contributed by atoms with van der Waals surface area (Å²) < 4.78 is 10.4. The van der Waals surface area contributed by atoms with Gasteiger partial charge in [0.05, 0.1) is 10.0 Å². The molecule has 0 heterocycles. The van der Waals surface area contributed by atoms with E-state index in [-0.39, 0.29) is 13.2 Å². The topological polar surface area (TPSA) is 61.5 Å². The molecule has 0 aromatic heterocycles. The van der Waals surface area contributed by atoms with Gasteiger partial charge in [0.2, 0.25) is 0 Å². The van der Waals surface area contributed by atoms with Gasteiger partial charge < -0.3 is 15.2 Å². The van der Waals surface area contributed by atoms with Crippen molar-refractivity contribution in [2.24, 2.45) is 0 Å². The van der Waals surface area contributed by atoms with Crippen molar-refractivity contribution in [3.8, 4) is 5.75 Å². The van der Waals surface area contributed by atoms with Crippen molar-refractivity contribution >= 4 is 34.9 Å². The van der Waals surface area contributed by atoms with Gasteiger partial charge in [-0.2, -0.15) is 0 Å². The highest BCUT2D eigenvalue weighted by Gasteiger charge is 2.08. The fraction of sp³-hybridized carbons (Fsp3) is 0.133. The average Bonchev–Trinajstić information content (AvgIpc) is 2.48. The molecule has 0 aliphatic rings. The summed E-state index contributed by atoms with van der Waals surface area (Å²) in [6.45, 7) is -0.147. The summed E-state index contributed by atoms with van der Waals surface area (Å²) in [4.78, 5) is 11.6. The quantitative estimate of drug-likeness (QED) is 0.672. The summed E-state index contributed by atoms with van der Waals surface area (Å²) in [6.07, 6.45) is 0. The van der Waals surface area contributed by atoms with Crippen molar-refractivity contribution in [3.63, 3.8) is 0 Å². The summed E-state index contributed by atoms with van der Waals surface area (Å²) in [5.41, 5.74) is 6.82. The number of nitrogens with two attached hydrogens (primary N) is 1. The van der Waals surface area contributed by atoms with Crippen LogP contribution in [0.25, 0.3) is 0 Å². The third kappa shape index (κ3) is 4.55. The summed E-state index contributed by atoms with van der Waals surface area (Å²) in [7, 11) is 0. The molecule has 2 rings (SSSR count). The zero-order chi connectivity index (χ0) is 15.2. The minimum atomic E-state index is -0.497. The highest BCUT2D eigenvalue weighted by Crippen LogP contribution is 2.26. The number of hydrogen-bond donors (Lipinski definition) is 1. The monoisotopic (exact) mass is 325 g/mol. The number of rotatable bonds is 5. The number of benzene rings is 2. The fourth-order valence-corrected chi connectivity index (χ4v) is 1.94. The van der Waals surface area contributed by atoms with Crippen LogP contribution in [0.4, 0.5) is 5.69 Å². The number of halogens is 2. The van der Waals surface area contributed by atoms with Crippen LogP contribution in [0.3, 0.4) is 0 Å². The Morgan fingerprint density at radius 3 is 2.52 bits per heavy atom. The molecule has 0 amide bonds. The van der Waals surface area contributed by atoms with Crippen LogP contribution in [-0.2, 0) is 16.1 Å². The lowest BCUT2D eigenvalue weighted by Crippen LogP contribution is -2.14. The zero-order valence-electron chi connectivity index (χ0n) is 11.0. The van der Waals surface area contributed by atoms with Crippen molar-refractivity contribution in [2.45, 2.75) is 6.61 Å². The summed E-state index contributed by atoms with van der Waals surface area (Å²) in [6, 6.07) is 11.9. The molecule has 6 heteroatoms. The van der Waals surface area contributed by atoms with E-state index in [0.717, 1.165) is 0 Å². The first-order chi connectivity index (χ1) is 10.1. The van der Waals surface area contributed by atoms with Crippen molar-refractivity contribution in [1.82, 2.24) is 0 Å². The smallest absolute Gasteiger partial charge is 0.344 e. The van der Waals surface area contributed by atoms with Gasteiger partial charge in [-0.3, -0.25) is 0 Å². The lowest BCUT2D eigenvalue weighted by Gasteiger charge is -2.09. The van der Waals surface area contributed by atoms with Crippen LogP contribution in [0.1, 0.15) is 5.56 Å². The molecule has 0 bridgehead atoms. The molecule has 21 heavy (non-hydrogen) atoms. The van der Waals surface area contributed by atoms with E-state index in [2.05, 4.69) is 0 Å². The van der Waals surface area contributed by atoms with Gasteiger partial charge in [-0.25, -0.2) is 4.79 Å². The SMILES string of the molecule is Nc1ccc(OCC(=O)OCc2cccc(Cl)c2Cl)cc1. The molecule has 0 unspecified atom stereocenters. The molecule has 0 aliphatic heterocycles. The Balaban J connectivity index is 1.82. The van der Waals surface area contributed by atoms with Gasteiger partial charge >= 0.3 is 5.97 Å². The molecule has 110 valence electrons. The first-order valence-corrected chi connectivity index (χ1v) is 6.88. The fourth-order valence-electron chi connectivity index (χ4n) is 1.57. The molecule has 0 radical (unpaired) electrons. The van der Waals surface area contributed by atoms with E-state index in [1.807, 2.05) is 0 Å². The number of anilines is 1. The van der Waals surface area contributed by atoms with Crippen LogP contribution in [0.15, 0.2) is 42.5 Å². The molecule has 4 nitrogen and oxygen atoms in total. The normalized spacial score (nSPS) is 10.2. The van der Waals surface area contributed by atoms with Gasteiger partial charge in [0.15, 0.2) is 6.61 Å². The molecular weight excluding hydrogens is 313 g/mol. The number of ether oxygens (including phenoxy) is 2. The molecule has 2 aromatic carbocycles. The van der Waals surface area contributed by atoms with E-state index in [1.54, 1.807) is 42.5 Å². The maximum Gasteiger partial charge on any atom is 0.344 e. The predicted molar refractivity (Wildman–Crippen MR) is 82.6 cm³/mol. The van der Waals surface area contributed by atoms with Gasteiger partial charge in [0, 0.05) is 11.3 Å². The van der Waals surface area contributed by atoms with Gasteiger partial charge in [-0.15, -0.1) is 0 Å². The molecule has 0 spiro atoms. The van der Waals surface area contributed by atoms with Crippen molar-refractivity contribution in [3.05, 3.63) is 58.1 Å². The number of esters is 1. The Morgan fingerprint density at radius 2 is 1.81 bits per heavy atom. The minimum Gasteiger partial charge on any atom is -0.482 e. The van der Waals surface area contributed by atoms with Crippen molar-refractivity contribution in [2.75, 3.05) is 12.3 Å². The first kappa shape index (κ1) is 15.5. The number of hydrogen-bond acceptors (Lipinski definition) is 4. The summed E-state index contributed by atoms with van der Waals surface area (Å²) in [5, 5.41) is 0.801. The minimum absolute atomic E-state index is 0.0450. The highest BCUT2D eigenvalue weighted by molar-refractivity contribution is 6.42. The number of carbonyl (C=O) groups excluding carboxylic acids is 1. The van der Waals surface area contributed by atoms with Gasteiger partial charge in [0.25, 0.3) is 0 Å². The summed E-state index contributed by atoms with van der Waals surface area (Å²) >= 11 is 11.9. The van der Waals surface area contributed by atoms with Crippen LogP contribution in [0.2, 0.25) is 10.0 Å². The van der Waals surface area contributed by atoms with Crippen LogP contribution in [-0.4, -0.2) is 12.6 Å². The van der Waals surface area contributed by atoms with E-state index in [1.165, 1.54) is 0 Å². The second-order valence-electron chi connectivity index (χ2n) is 4.23. The third-order valence-corrected chi connectivity index (χ3v) is 3.52. The molecular formula is C15H13Cl2NO3. The molecule has 2 N–H and O–H groups in total. The lowest BCUT2D eigenvalue weighted by atomic mass is 10.2. The van der Waals surface area contributed by atoms with E-state index in [9.17, 15) is 4.79 Å². The van der Waals surface area contributed by atoms with E-state index >= 15 is 0 Å². The largest absolute Gasteiger partial charge is 0.482 e. The molecule has 0 fully saturated rings. The van der Waals surface area contributed by atoms with E-state index in [0.29, 0.717) is 27.0 Å². The predicted octanol–water partition coefficient (Wildman–Crippen LogP) is 3.70. The van der Waals surface area contributed by atoms with Gasteiger partial charge in [0.1, 0.15) is 12.4 Å². The molecule has 2 aromatic rings. The zero-order valence-corrected chi connectivity index (χ0v) is 12.5. The summed E-state index contributed by atoms with van der Waals surface area (Å²) in [5.74, 6) is 0.0461. The Hall–Kier alpha value is -1.91. The third-order valence-electron chi connectivity index (χ3n) is 2.66. The van der Waals surface area contributed by atoms with Crippen LogP contribution in [0, 0.1) is 0 Å². The lowest BCUT2D eigenvalue weighted by molar-refractivity contribution is -0.147. The van der Waals surface area contributed by atoms with Crippen LogP contribution < -0.4 is 10.5 Å². The highest BCUT2D eigenvalue weighted by atomic mass is 35.5. The first-order valence-electron chi connectivity index (χ1n) is 6.13. The van der Waals surface area contributed by atoms with Gasteiger partial charge in [-0.1, -0.05) is 35.3 Å². The van der Waals surface area contributed by atoms with Gasteiger partial charge in [-0.05, 0) is 30.3 Å². The Labute approximate surface area is 132 Å². The Morgan fingerprint density at radius 1 is 1.10 bits per heavy atom. The maximum absolute atomic E-state index is 11.6. The molecule has 0 saturated heterocycles. The molecule has 0 atom stereocenters. The van der Waals surface area contributed by atoms with E-state index < -0.39 is 5.97 Å². The Bertz CT molecular complexity index is 629. The number of nitrogen functional groups attached to an aromatic ring is 1. The maximum atomic E-state index is 11.6. The average molecular weight is 326 g/mol. The van der Waals surface area contributed by atoms with E-state index in [4.69, 9.17) is 38.4 Å². The molecule has 0 saturated carbocycles. The second kappa shape index (κ2) is 7.20. The molecule has 0 aliphatic carbocycles. The van der Waals surface area contributed by atoms with Crippen LogP contribution in [0.5, 0.6) is 5.75 Å². The van der Waals surface area contributed by atoms with Crippen molar-refractivity contribution in [1.29, 1.82) is 0 Å². The second-order valence-corrected chi connectivity index (χ2v) is 5.02. The Kier molecular flexibility index (Phi) is 5.31. The van der Waals surface area contributed by atoms with Crippen molar-refractivity contribution < 1.29 is 14.3 Å². The van der Waals surface area contributed by atoms with Crippen LogP contribution >= 0.6 is 23.2 Å². The standard InChI is InChI=1S/C15H13Cl2NO3/c16-13-3-1-2-10(15(13)17)8-21-14(19)9-20-12-6-4-11(18)5-7-12/h1-7H,8-9,18H2.